The highest BCUT2D eigenvalue weighted by molar-refractivity contribution is 5.88. The van der Waals surface area contributed by atoms with Gasteiger partial charge in [0.2, 0.25) is 0 Å². The van der Waals surface area contributed by atoms with E-state index < -0.39 is 0 Å². The molecule has 0 amide bonds. The number of Topliss-reactive ketones (excluding diaryl/α,β-unsaturated/α-hetero) is 1. The van der Waals surface area contributed by atoms with E-state index in [1.165, 1.54) is 12.1 Å². The lowest BCUT2D eigenvalue weighted by molar-refractivity contribution is -0.128. The summed E-state index contributed by atoms with van der Waals surface area (Å²) in [4.78, 5) is 12.1. The number of nitrogens with one attached hydrogen (secondary N) is 1. The molecular weight excluding hydrogens is 217 g/mol. The Morgan fingerprint density at radius 2 is 2.06 bits per heavy atom. The van der Waals surface area contributed by atoms with Crippen LogP contribution in [0.5, 0.6) is 0 Å². The molecule has 0 saturated heterocycles. The van der Waals surface area contributed by atoms with Gasteiger partial charge in [0.1, 0.15) is 5.82 Å². The summed E-state index contributed by atoms with van der Waals surface area (Å²) in [6.07, 6.45) is 0.518. The molecule has 0 aromatic heterocycles. The summed E-state index contributed by atoms with van der Waals surface area (Å²) in [5, 5.41) is 3.00. The standard InChI is InChI=1S/C14H20FNO/c1-14(2,3)13(17)12(16-4)9-10-6-5-7-11(15)8-10/h5-8,12,16H,9H2,1-4H3/t12-/m1/s1. The molecule has 0 radical (unpaired) electrons. The number of halogens is 1. The maximum absolute atomic E-state index is 13.1. The summed E-state index contributed by atoms with van der Waals surface area (Å²) in [6, 6.07) is 6.11. The van der Waals surface area contributed by atoms with Crippen LogP contribution in [0.3, 0.4) is 0 Å². The normalized spacial score (nSPS) is 13.5. The van der Waals surface area contributed by atoms with Crippen molar-refractivity contribution in [3.05, 3.63) is 35.6 Å². The summed E-state index contributed by atoms with van der Waals surface area (Å²) in [6.45, 7) is 5.68. The molecule has 94 valence electrons. The van der Waals surface area contributed by atoms with Crippen LogP contribution in [-0.4, -0.2) is 18.9 Å². The molecule has 0 aliphatic carbocycles. The van der Waals surface area contributed by atoms with Gasteiger partial charge in [0, 0.05) is 5.41 Å². The molecule has 1 atom stereocenters. The van der Waals surface area contributed by atoms with E-state index in [0.717, 1.165) is 5.56 Å². The summed E-state index contributed by atoms with van der Waals surface area (Å²) in [5.41, 5.74) is 0.447. The molecule has 0 aliphatic heterocycles. The van der Waals surface area contributed by atoms with Crippen molar-refractivity contribution in [1.82, 2.24) is 5.32 Å². The molecule has 17 heavy (non-hydrogen) atoms. The minimum absolute atomic E-state index is 0.143. The molecule has 0 heterocycles. The quantitative estimate of drug-likeness (QED) is 0.872. The molecule has 2 nitrogen and oxygen atoms in total. The van der Waals surface area contributed by atoms with Gasteiger partial charge < -0.3 is 5.32 Å². The first-order valence-electron chi connectivity index (χ1n) is 5.80. The number of ketones is 1. The minimum Gasteiger partial charge on any atom is -0.310 e. The van der Waals surface area contributed by atoms with Gasteiger partial charge in [0.15, 0.2) is 5.78 Å². The van der Waals surface area contributed by atoms with Gasteiger partial charge in [-0.15, -0.1) is 0 Å². The zero-order valence-corrected chi connectivity index (χ0v) is 10.9. The maximum Gasteiger partial charge on any atom is 0.155 e. The molecule has 3 heteroatoms. The summed E-state index contributed by atoms with van der Waals surface area (Å²) >= 11 is 0. The van der Waals surface area contributed by atoms with E-state index >= 15 is 0 Å². The van der Waals surface area contributed by atoms with E-state index in [2.05, 4.69) is 5.32 Å². The van der Waals surface area contributed by atoms with Crippen molar-refractivity contribution in [3.63, 3.8) is 0 Å². The molecule has 0 aliphatic rings. The van der Waals surface area contributed by atoms with Gasteiger partial charge in [0.05, 0.1) is 6.04 Å². The van der Waals surface area contributed by atoms with Gasteiger partial charge >= 0.3 is 0 Å². The highest BCUT2D eigenvalue weighted by atomic mass is 19.1. The van der Waals surface area contributed by atoms with Crippen LogP contribution in [0.25, 0.3) is 0 Å². The molecular formula is C14H20FNO. The van der Waals surface area contributed by atoms with Crippen molar-refractivity contribution in [2.24, 2.45) is 5.41 Å². The molecule has 0 fully saturated rings. The van der Waals surface area contributed by atoms with E-state index in [4.69, 9.17) is 0 Å². The first-order chi connectivity index (χ1) is 7.84. The second-order valence-corrected chi connectivity index (χ2v) is 5.29. The van der Waals surface area contributed by atoms with E-state index in [9.17, 15) is 9.18 Å². The van der Waals surface area contributed by atoms with Crippen LogP contribution >= 0.6 is 0 Å². The average Bonchev–Trinajstić information content (AvgIpc) is 2.24. The fraction of sp³-hybridized carbons (Fsp3) is 0.500. The SMILES string of the molecule is CN[C@H](Cc1cccc(F)c1)C(=O)C(C)(C)C. The van der Waals surface area contributed by atoms with Crippen molar-refractivity contribution < 1.29 is 9.18 Å². The Bertz CT molecular complexity index is 395. The molecule has 0 unspecified atom stereocenters. The fourth-order valence-electron chi connectivity index (χ4n) is 1.75. The Balaban J connectivity index is 2.81. The second kappa shape index (κ2) is 5.41. The van der Waals surface area contributed by atoms with Crippen molar-refractivity contribution >= 4 is 5.78 Å². The number of hydrogen-bond donors (Lipinski definition) is 1. The second-order valence-electron chi connectivity index (χ2n) is 5.29. The molecule has 0 bridgehead atoms. The van der Waals surface area contributed by atoms with Crippen LogP contribution < -0.4 is 5.32 Å². The zero-order valence-electron chi connectivity index (χ0n) is 10.9. The van der Waals surface area contributed by atoms with E-state index in [-0.39, 0.29) is 23.1 Å². The van der Waals surface area contributed by atoms with Crippen LogP contribution in [0.15, 0.2) is 24.3 Å². The van der Waals surface area contributed by atoms with E-state index in [1.54, 1.807) is 13.1 Å². The smallest absolute Gasteiger partial charge is 0.155 e. The maximum atomic E-state index is 13.1. The minimum atomic E-state index is -0.388. The lowest BCUT2D eigenvalue weighted by Gasteiger charge is -2.24. The molecule has 0 saturated carbocycles. The third-order valence-electron chi connectivity index (χ3n) is 2.73. The Morgan fingerprint density at radius 1 is 1.41 bits per heavy atom. The highest BCUT2D eigenvalue weighted by Crippen LogP contribution is 2.19. The first-order valence-corrected chi connectivity index (χ1v) is 5.80. The van der Waals surface area contributed by atoms with Gasteiger partial charge in [-0.1, -0.05) is 32.9 Å². The van der Waals surface area contributed by atoms with Crippen LogP contribution in [-0.2, 0) is 11.2 Å². The number of carbonyl (C=O) groups excluding carboxylic acids is 1. The summed E-state index contributed by atoms with van der Waals surface area (Å²) in [5.74, 6) is -0.121. The van der Waals surface area contributed by atoms with Gasteiger partial charge in [-0.2, -0.15) is 0 Å². The average molecular weight is 237 g/mol. The predicted molar refractivity (Wildman–Crippen MR) is 67.4 cm³/mol. The van der Waals surface area contributed by atoms with Crippen LogP contribution in [0.4, 0.5) is 4.39 Å². The lowest BCUT2D eigenvalue weighted by atomic mass is 9.84. The summed E-state index contributed by atoms with van der Waals surface area (Å²) in [7, 11) is 1.76. The Labute approximate surface area is 102 Å². The van der Waals surface area contributed by atoms with Crippen molar-refractivity contribution in [3.8, 4) is 0 Å². The zero-order chi connectivity index (χ0) is 13.1. The van der Waals surface area contributed by atoms with Crippen LogP contribution in [0.1, 0.15) is 26.3 Å². The molecule has 1 aromatic carbocycles. The van der Waals surface area contributed by atoms with Gasteiger partial charge in [-0.3, -0.25) is 4.79 Å². The molecule has 1 N–H and O–H groups in total. The number of carbonyl (C=O) groups is 1. The fourth-order valence-corrected chi connectivity index (χ4v) is 1.75. The van der Waals surface area contributed by atoms with Crippen molar-refractivity contribution in [2.75, 3.05) is 7.05 Å². The third kappa shape index (κ3) is 3.93. The van der Waals surface area contributed by atoms with Crippen molar-refractivity contribution in [2.45, 2.75) is 33.2 Å². The number of hydrogen-bond acceptors (Lipinski definition) is 2. The van der Waals surface area contributed by atoms with Gasteiger partial charge in [0.25, 0.3) is 0 Å². The largest absolute Gasteiger partial charge is 0.310 e. The molecule has 0 spiro atoms. The topological polar surface area (TPSA) is 29.1 Å². The Kier molecular flexibility index (Phi) is 4.40. The van der Waals surface area contributed by atoms with Crippen LogP contribution in [0, 0.1) is 11.2 Å². The number of benzene rings is 1. The van der Waals surface area contributed by atoms with E-state index in [0.29, 0.717) is 6.42 Å². The number of likely N-dealkylation sites (N-methyl/N-ethyl adjacent to an activating group) is 1. The Morgan fingerprint density at radius 3 is 2.53 bits per heavy atom. The lowest BCUT2D eigenvalue weighted by Crippen LogP contribution is -2.42. The Hall–Kier alpha value is -1.22. The van der Waals surface area contributed by atoms with Crippen molar-refractivity contribution in [1.29, 1.82) is 0 Å². The van der Waals surface area contributed by atoms with Crippen LogP contribution in [0.2, 0.25) is 0 Å². The first kappa shape index (κ1) is 13.8. The van der Waals surface area contributed by atoms with Gasteiger partial charge in [-0.25, -0.2) is 4.39 Å². The predicted octanol–water partition coefficient (Wildman–Crippen LogP) is 2.57. The van der Waals surface area contributed by atoms with Gasteiger partial charge in [-0.05, 0) is 31.2 Å². The van der Waals surface area contributed by atoms with E-state index in [1.807, 2.05) is 26.8 Å². The highest BCUT2D eigenvalue weighted by Gasteiger charge is 2.28. The summed E-state index contributed by atoms with van der Waals surface area (Å²) < 4.78 is 13.1. The third-order valence-corrected chi connectivity index (χ3v) is 2.73. The molecule has 1 rings (SSSR count). The molecule has 1 aromatic rings. The monoisotopic (exact) mass is 237 g/mol. The number of rotatable bonds is 4.